The van der Waals surface area contributed by atoms with Gasteiger partial charge in [-0.1, -0.05) is 103 Å². The van der Waals surface area contributed by atoms with E-state index in [9.17, 15) is 4.79 Å². The van der Waals surface area contributed by atoms with E-state index in [0.717, 1.165) is 12.8 Å². The molecule has 1 amide bonds. The molecule has 0 heterocycles. The van der Waals surface area contributed by atoms with Crippen LogP contribution in [0.5, 0.6) is 0 Å². The van der Waals surface area contributed by atoms with E-state index in [4.69, 9.17) is 0 Å². The summed E-state index contributed by atoms with van der Waals surface area (Å²) in [5.74, 6) is 0.194. The van der Waals surface area contributed by atoms with Crippen LogP contribution in [0.25, 0.3) is 0 Å². The third-order valence-electron chi connectivity index (χ3n) is 5.16. The van der Waals surface area contributed by atoms with Gasteiger partial charge in [-0.2, -0.15) is 0 Å². The van der Waals surface area contributed by atoms with E-state index in [2.05, 4.69) is 31.3 Å². The van der Waals surface area contributed by atoms with E-state index in [1.807, 2.05) is 0 Å². The lowest BCUT2D eigenvalue weighted by atomic mass is 10.1. The van der Waals surface area contributed by atoms with Crippen molar-refractivity contribution in [3.8, 4) is 0 Å². The summed E-state index contributed by atoms with van der Waals surface area (Å²) in [6.07, 6.45) is 28.9. The fourth-order valence-electron chi connectivity index (χ4n) is 3.38. The molecule has 0 aromatic heterocycles. The Balaban J connectivity index is 3.12. The molecule has 0 rings (SSSR count). The standard InChI is InChI=1S/C25H48NO/c1-3-5-6-7-8-9-10-11-12-13-14-15-16-17-18-19-20-21-22-23-25(27)26-24-4-2/h11-12H,2-10,13-24H2,1H3,(H,26,27)/b12-11-. The van der Waals surface area contributed by atoms with E-state index in [1.54, 1.807) is 0 Å². The Morgan fingerprint density at radius 3 is 1.63 bits per heavy atom. The number of unbranched alkanes of at least 4 members (excludes halogenated alkanes) is 15. The maximum absolute atomic E-state index is 11.4. The van der Waals surface area contributed by atoms with E-state index < -0.39 is 0 Å². The molecule has 0 saturated carbocycles. The molecule has 0 spiro atoms. The molecule has 2 heteroatoms. The first-order chi connectivity index (χ1) is 13.3. The van der Waals surface area contributed by atoms with Gasteiger partial charge in [-0.05, 0) is 38.5 Å². The summed E-state index contributed by atoms with van der Waals surface area (Å²) in [5.41, 5.74) is 0. The van der Waals surface area contributed by atoms with Crippen LogP contribution in [0.1, 0.15) is 129 Å². The molecule has 1 N–H and O–H groups in total. The van der Waals surface area contributed by atoms with E-state index >= 15 is 0 Å². The summed E-state index contributed by atoms with van der Waals surface area (Å²) < 4.78 is 0. The molecule has 0 saturated heterocycles. The van der Waals surface area contributed by atoms with Crippen LogP contribution < -0.4 is 5.32 Å². The number of carbonyl (C=O) groups excluding carboxylic acids is 1. The minimum atomic E-state index is 0.194. The summed E-state index contributed by atoms with van der Waals surface area (Å²) in [5, 5.41) is 2.88. The lowest BCUT2D eigenvalue weighted by molar-refractivity contribution is -0.121. The van der Waals surface area contributed by atoms with Crippen molar-refractivity contribution in [1.82, 2.24) is 5.32 Å². The largest absolute Gasteiger partial charge is 0.356 e. The molecular formula is C25H48NO. The molecule has 27 heavy (non-hydrogen) atoms. The normalized spacial score (nSPS) is 11.3. The van der Waals surface area contributed by atoms with Crippen molar-refractivity contribution in [2.24, 2.45) is 0 Å². The molecule has 0 aliphatic rings. The Labute approximate surface area is 171 Å². The maximum atomic E-state index is 11.4. The highest BCUT2D eigenvalue weighted by Gasteiger charge is 1.99. The Kier molecular flexibility index (Phi) is 22.6. The fraction of sp³-hybridized carbons (Fsp3) is 0.840. The molecule has 0 aromatic carbocycles. The van der Waals surface area contributed by atoms with Gasteiger partial charge in [-0.3, -0.25) is 4.79 Å². The third kappa shape index (κ3) is 23.2. The Morgan fingerprint density at radius 2 is 1.15 bits per heavy atom. The first kappa shape index (κ1) is 26.2. The van der Waals surface area contributed by atoms with Gasteiger partial charge < -0.3 is 5.32 Å². The molecule has 1 radical (unpaired) electrons. The van der Waals surface area contributed by atoms with Crippen molar-refractivity contribution in [1.29, 1.82) is 0 Å². The predicted octanol–water partition coefficient (Wildman–Crippen LogP) is 7.92. The van der Waals surface area contributed by atoms with Crippen LogP contribution in [0.2, 0.25) is 0 Å². The number of carbonyl (C=O) groups is 1. The lowest BCUT2D eigenvalue weighted by Crippen LogP contribution is -2.23. The quantitative estimate of drug-likeness (QED) is 0.159. The maximum Gasteiger partial charge on any atom is 0.219 e. The van der Waals surface area contributed by atoms with Gasteiger partial charge in [-0.15, -0.1) is 0 Å². The lowest BCUT2D eigenvalue weighted by Gasteiger charge is -2.04. The van der Waals surface area contributed by atoms with Crippen LogP contribution in [-0.2, 0) is 4.79 Å². The molecule has 0 atom stereocenters. The van der Waals surface area contributed by atoms with Crippen LogP contribution in [0.4, 0.5) is 0 Å². The first-order valence-corrected chi connectivity index (χ1v) is 12.0. The average Bonchev–Trinajstić information content (AvgIpc) is 2.68. The minimum absolute atomic E-state index is 0.194. The highest BCUT2D eigenvalue weighted by Crippen LogP contribution is 2.12. The van der Waals surface area contributed by atoms with Gasteiger partial charge in [0.05, 0.1) is 0 Å². The van der Waals surface area contributed by atoms with Crippen LogP contribution in [0.3, 0.4) is 0 Å². The molecule has 0 bridgehead atoms. The zero-order valence-electron chi connectivity index (χ0n) is 18.4. The number of allylic oxidation sites excluding steroid dienone is 2. The monoisotopic (exact) mass is 378 g/mol. The second-order valence-corrected chi connectivity index (χ2v) is 7.95. The topological polar surface area (TPSA) is 29.1 Å². The minimum Gasteiger partial charge on any atom is -0.356 e. The van der Waals surface area contributed by atoms with Gasteiger partial charge in [0, 0.05) is 13.0 Å². The Hall–Kier alpha value is -0.790. The second kappa shape index (κ2) is 23.2. The van der Waals surface area contributed by atoms with Crippen molar-refractivity contribution >= 4 is 5.91 Å². The average molecular weight is 379 g/mol. The molecule has 0 unspecified atom stereocenters. The zero-order valence-corrected chi connectivity index (χ0v) is 18.4. The molecule has 2 nitrogen and oxygen atoms in total. The fourth-order valence-corrected chi connectivity index (χ4v) is 3.38. The van der Waals surface area contributed by atoms with Crippen LogP contribution >= 0.6 is 0 Å². The summed E-state index contributed by atoms with van der Waals surface area (Å²) in [4.78, 5) is 11.4. The van der Waals surface area contributed by atoms with E-state index in [1.165, 1.54) is 103 Å². The van der Waals surface area contributed by atoms with Gasteiger partial charge >= 0.3 is 0 Å². The number of nitrogens with one attached hydrogen (secondary N) is 1. The molecule has 159 valence electrons. The third-order valence-corrected chi connectivity index (χ3v) is 5.16. The highest BCUT2D eigenvalue weighted by molar-refractivity contribution is 5.75. The molecular weight excluding hydrogens is 330 g/mol. The van der Waals surface area contributed by atoms with Crippen LogP contribution in [0.15, 0.2) is 12.2 Å². The van der Waals surface area contributed by atoms with Crippen molar-refractivity contribution in [2.45, 2.75) is 129 Å². The van der Waals surface area contributed by atoms with Gasteiger partial charge in [0.15, 0.2) is 0 Å². The van der Waals surface area contributed by atoms with Crippen molar-refractivity contribution < 1.29 is 4.79 Å². The van der Waals surface area contributed by atoms with Crippen LogP contribution in [-0.4, -0.2) is 12.5 Å². The second-order valence-electron chi connectivity index (χ2n) is 7.95. The zero-order chi connectivity index (χ0) is 19.8. The van der Waals surface area contributed by atoms with E-state index in [-0.39, 0.29) is 5.91 Å². The Morgan fingerprint density at radius 1 is 0.704 bits per heavy atom. The van der Waals surface area contributed by atoms with E-state index in [0.29, 0.717) is 13.0 Å². The number of hydrogen-bond acceptors (Lipinski definition) is 1. The van der Waals surface area contributed by atoms with Crippen molar-refractivity contribution in [3.05, 3.63) is 19.1 Å². The first-order valence-electron chi connectivity index (χ1n) is 12.0. The van der Waals surface area contributed by atoms with Gasteiger partial charge in [-0.25, -0.2) is 0 Å². The highest BCUT2D eigenvalue weighted by atomic mass is 16.1. The summed E-state index contributed by atoms with van der Waals surface area (Å²) in [6, 6.07) is 0. The summed E-state index contributed by atoms with van der Waals surface area (Å²) >= 11 is 0. The Bertz CT molecular complexity index is 324. The van der Waals surface area contributed by atoms with Crippen LogP contribution in [0, 0.1) is 6.92 Å². The van der Waals surface area contributed by atoms with Gasteiger partial charge in [0.2, 0.25) is 5.91 Å². The van der Waals surface area contributed by atoms with Crippen molar-refractivity contribution in [3.63, 3.8) is 0 Å². The number of hydrogen-bond donors (Lipinski definition) is 1. The molecule has 0 aliphatic heterocycles. The molecule has 0 aromatic rings. The summed E-state index contributed by atoms with van der Waals surface area (Å²) in [6.45, 7) is 6.72. The summed E-state index contributed by atoms with van der Waals surface area (Å²) in [7, 11) is 0. The predicted molar refractivity (Wildman–Crippen MR) is 121 cm³/mol. The van der Waals surface area contributed by atoms with Gasteiger partial charge in [0.25, 0.3) is 0 Å². The SMILES string of the molecule is [CH2]CCNC(=O)CCCCCCCCCCC/C=C\CCCCCCCC. The smallest absolute Gasteiger partial charge is 0.219 e. The van der Waals surface area contributed by atoms with Gasteiger partial charge in [0.1, 0.15) is 0 Å². The molecule has 0 fully saturated rings. The molecule has 0 aliphatic carbocycles. The van der Waals surface area contributed by atoms with Crippen molar-refractivity contribution in [2.75, 3.05) is 6.54 Å². The number of rotatable bonds is 21. The number of amides is 1.